The summed E-state index contributed by atoms with van der Waals surface area (Å²) in [6.07, 6.45) is 0.669. The molecule has 0 aliphatic heterocycles. The molecule has 0 saturated heterocycles. The second-order valence-corrected chi connectivity index (χ2v) is 6.22. The highest BCUT2D eigenvalue weighted by atomic mass is 32.2. The second-order valence-electron chi connectivity index (χ2n) is 4.56. The Morgan fingerprint density at radius 2 is 1.68 bits per heavy atom. The van der Waals surface area contributed by atoms with Crippen LogP contribution in [0.5, 0.6) is 5.75 Å². The zero-order valence-corrected chi connectivity index (χ0v) is 13.0. The van der Waals surface area contributed by atoms with E-state index < -0.39 is 42.6 Å². The number of hydrazone groups is 1. The smallest absolute Gasteiger partial charge is 0.276 e. The zero-order valence-electron chi connectivity index (χ0n) is 12.2. The fraction of sp³-hybridized carbons (Fsp3) is 0. The Labute approximate surface area is 140 Å². The number of benzene rings is 2. The van der Waals surface area contributed by atoms with E-state index in [9.17, 15) is 33.8 Å². The molecule has 0 fully saturated rings. The third-order valence-corrected chi connectivity index (χ3v) is 4.16. The summed E-state index contributed by atoms with van der Waals surface area (Å²) in [5.74, 6) is -1.13. The maximum Gasteiger partial charge on any atom is 0.276 e. The molecule has 2 aromatic carbocycles. The maximum absolute atomic E-state index is 11.9. The van der Waals surface area contributed by atoms with Gasteiger partial charge in [0, 0.05) is 11.6 Å². The SMILES string of the molecule is O=[N+]([O-])c1cc(/C=N\NS(=O)(=O)c2ccccc2)c([O-])c([N+](=O)[O-])c1. The van der Waals surface area contributed by atoms with Crippen molar-refractivity contribution in [3.63, 3.8) is 0 Å². The molecule has 0 radical (unpaired) electrons. The van der Waals surface area contributed by atoms with E-state index in [2.05, 4.69) is 5.10 Å². The van der Waals surface area contributed by atoms with Crippen molar-refractivity contribution in [2.45, 2.75) is 4.90 Å². The Bertz CT molecular complexity index is 958. The van der Waals surface area contributed by atoms with Crippen LogP contribution in [-0.4, -0.2) is 24.5 Å². The van der Waals surface area contributed by atoms with Crippen LogP contribution in [0.4, 0.5) is 11.4 Å². The molecule has 1 N–H and O–H groups in total. The first-order valence-electron chi connectivity index (χ1n) is 6.46. The van der Waals surface area contributed by atoms with Crippen molar-refractivity contribution < 1.29 is 23.4 Å². The Morgan fingerprint density at radius 1 is 1.04 bits per heavy atom. The highest BCUT2D eigenvalue weighted by Gasteiger charge is 2.18. The largest absolute Gasteiger partial charge is 0.867 e. The van der Waals surface area contributed by atoms with Gasteiger partial charge in [-0.3, -0.25) is 20.2 Å². The zero-order chi connectivity index (χ0) is 18.6. The number of sulfonamides is 1. The number of nitrogens with zero attached hydrogens (tertiary/aromatic N) is 3. The summed E-state index contributed by atoms with van der Waals surface area (Å²) in [5.41, 5.74) is -2.21. The lowest BCUT2D eigenvalue weighted by Gasteiger charge is -2.10. The average Bonchev–Trinajstić information content (AvgIpc) is 2.56. The summed E-state index contributed by atoms with van der Waals surface area (Å²) in [6.45, 7) is 0. The lowest BCUT2D eigenvalue weighted by Crippen LogP contribution is -2.18. The number of nitro groups is 2. The van der Waals surface area contributed by atoms with Gasteiger partial charge < -0.3 is 5.11 Å². The van der Waals surface area contributed by atoms with E-state index >= 15 is 0 Å². The molecule has 0 spiro atoms. The van der Waals surface area contributed by atoms with Crippen molar-refractivity contribution in [3.05, 3.63) is 68.3 Å². The number of nitrogens with one attached hydrogen (secondary N) is 1. The standard InChI is InChI=1S/C13H10N4O7S/c18-13-9(6-10(16(19)20)7-12(13)17(21)22)8-14-15-25(23,24)11-4-2-1-3-5-11/h1-8,15,18H/p-1/b14-8-. The van der Waals surface area contributed by atoms with E-state index in [4.69, 9.17) is 0 Å². The summed E-state index contributed by atoms with van der Waals surface area (Å²) in [7, 11) is -4.01. The van der Waals surface area contributed by atoms with Crippen LogP contribution in [-0.2, 0) is 10.0 Å². The Kier molecular flexibility index (Phi) is 4.93. The van der Waals surface area contributed by atoms with E-state index in [1.54, 1.807) is 6.07 Å². The van der Waals surface area contributed by atoms with Gasteiger partial charge in [0.1, 0.15) is 0 Å². The van der Waals surface area contributed by atoms with Gasteiger partial charge >= 0.3 is 0 Å². The van der Waals surface area contributed by atoms with Crippen LogP contribution in [0, 0.1) is 20.2 Å². The van der Waals surface area contributed by atoms with Crippen LogP contribution in [0.25, 0.3) is 0 Å². The Hall–Kier alpha value is -3.54. The lowest BCUT2D eigenvalue weighted by molar-refractivity contribution is -0.403. The highest BCUT2D eigenvalue weighted by molar-refractivity contribution is 7.89. The monoisotopic (exact) mass is 365 g/mol. The second kappa shape index (κ2) is 6.92. The number of non-ortho nitro benzene ring substituents is 1. The van der Waals surface area contributed by atoms with Gasteiger partial charge in [-0.25, -0.2) is 4.83 Å². The minimum absolute atomic E-state index is 0.0977. The maximum atomic E-state index is 11.9. The van der Waals surface area contributed by atoms with Crippen LogP contribution in [0.3, 0.4) is 0 Å². The number of hydrogen-bond donors (Lipinski definition) is 1. The summed E-state index contributed by atoms with van der Waals surface area (Å²) < 4.78 is 23.9. The minimum Gasteiger partial charge on any atom is -0.867 e. The molecule has 0 heterocycles. The van der Waals surface area contributed by atoms with Gasteiger partial charge in [-0.1, -0.05) is 18.2 Å². The molecular formula is C13H9N4O7S-. The van der Waals surface area contributed by atoms with E-state index in [-0.39, 0.29) is 4.90 Å². The number of nitro benzene ring substituents is 2. The molecule has 0 aromatic heterocycles. The van der Waals surface area contributed by atoms with Gasteiger partial charge in [-0.15, -0.1) is 0 Å². The summed E-state index contributed by atoms with van der Waals surface area (Å²) in [5, 5.41) is 36.8. The van der Waals surface area contributed by atoms with Crippen molar-refractivity contribution in [1.82, 2.24) is 4.83 Å². The third kappa shape index (κ3) is 4.06. The predicted octanol–water partition coefficient (Wildman–Crippen LogP) is 0.889. The fourth-order valence-electron chi connectivity index (χ4n) is 1.77. The van der Waals surface area contributed by atoms with Crippen molar-refractivity contribution in [2.75, 3.05) is 0 Å². The van der Waals surface area contributed by atoms with Crippen molar-refractivity contribution in [1.29, 1.82) is 0 Å². The predicted molar refractivity (Wildman–Crippen MR) is 83.6 cm³/mol. The topological polar surface area (TPSA) is 168 Å². The molecule has 0 atom stereocenters. The Balaban J connectivity index is 2.35. The van der Waals surface area contributed by atoms with Crippen LogP contribution in [0.15, 0.2) is 52.5 Å². The van der Waals surface area contributed by atoms with Crippen LogP contribution in [0.2, 0.25) is 0 Å². The first-order chi connectivity index (χ1) is 11.7. The fourth-order valence-corrected chi connectivity index (χ4v) is 2.59. The molecule has 2 rings (SSSR count). The van der Waals surface area contributed by atoms with Crippen molar-refractivity contribution in [3.8, 4) is 5.75 Å². The molecule has 0 unspecified atom stereocenters. The molecule has 0 amide bonds. The van der Waals surface area contributed by atoms with Gasteiger partial charge in [0.15, 0.2) is 0 Å². The lowest BCUT2D eigenvalue weighted by atomic mass is 10.1. The molecule has 130 valence electrons. The molecule has 25 heavy (non-hydrogen) atoms. The first kappa shape index (κ1) is 17.8. The minimum atomic E-state index is -4.01. The van der Waals surface area contributed by atoms with Crippen LogP contribution < -0.4 is 9.94 Å². The van der Waals surface area contributed by atoms with Crippen LogP contribution in [0.1, 0.15) is 5.56 Å². The number of hydrogen-bond acceptors (Lipinski definition) is 8. The summed E-state index contributed by atoms with van der Waals surface area (Å²) >= 11 is 0. The average molecular weight is 365 g/mol. The van der Waals surface area contributed by atoms with Gasteiger partial charge in [0.05, 0.1) is 27.0 Å². The van der Waals surface area contributed by atoms with Crippen LogP contribution >= 0.6 is 0 Å². The molecule has 0 bridgehead atoms. The molecule has 12 heteroatoms. The molecule has 2 aromatic rings. The van der Waals surface area contributed by atoms with Crippen molar-refractivity contribution >= 4 is 27.6 Å². The van der Waals surface area contributed by atoms with E-state index in [0.29, 0.717) is 12.3 Å². The molecule has 11 nitrogen and oxygen atoms in total. The molecule has 0 aliphatic carbocycles. The van der Waals surface area contributed by atoms with Crippen molar-refractivity contribution in [2.24, 2.45) is 5.10 Å². The quantitative estimate of drug-likeness (QED) is 0.450. The van der Waals surface area contributed by atoms with E-state index in [1.807, 2.05) is 4.83 Å². The van der Waals surface area contributed by atoms with Gasteiger partial charge in [0.2, 0.25) is 0 Å². The highest BCUT2D eigenvalue weighted by Crippen LogP contribution is 2.31. The molecule has 0 saturated carbocycles. The van der Waals surface area contributed by atoms with Gasteiger partial charge in [-0.2, -0.15) is 13.5 Å². The van der Waals surface area contributed by atoms with Gasteiger partial charge in [0.25, 0.3) is 21.4 Å². The molecular weight excluding hydrogens is 356 g/mol. The van der Waals surface area contributed by atoms with Gasteiger partial charge in [-0.05, 0) is 17.9 Å². The molecule has 0 aliphatic rings. The Morgan fingerprint density at radius 3 is 2.24 bits per heavy atom. The van der Waals surface area contributed by atoms with E-state index in [0.717, 1.165) is 6.07 Å². The summed E-state index contributed by atoms with van der Waals surface area (Å²) in [4.78, 5) is 21.3. The van der Waals surface area contributed by atoms with E-state index in [1.165, 1.54) is 24.3 Å². The summed E-state index contributed by atoms with van der Waals surface area (Å²) in [6, 6.07) is 8.46. The first-order valence-corrected chi connectivity index (χ1v) is 7.94. The third-order valence-electron chi connectivity index (χ3n) is 2.92. The number of rotatable bonds is 6. The normalized spacial score (nSPS) is 11.4.